The van der Waals surface area contributed by atoms with Crippen molar-refractivity contribution in [2.24, 2.45) is 0 Å². The molecule has 18 aromatic rings. The van der Waals surface area contributed by atoms with Gasteiger partial charge in [0.05, 0.1) is 0 Å². The first-order valence-corrected chi connectivity index (χ1v) is 29.6. The van der Waals surface area contributed by atoms with Gasteiger partial charge >= 0.3 is 7.69 Å². The van der Waals surface area contributed by atoms with Crippen LogP contribution in [0.5, 0.6) is 5.75 Å². The van der Waals surface area contributed by atoms with Crippen LogP contribution in [0.1, 0.15) is 0 Å². The number of halogens is 1. The van der Waals surface area contributed by atoms with Crippen molar-refractivity contribution in [3.8, 4) is 39.1 Å². The minimum atomic E-state index is 0.674. The molecule has 0 unspecified atom stereocenters. The van der Waals surface area contributed by atoms with E-state index in [-0.39, 0.29) is 0 Å². The normalized spacial score (nSPS) is 11.6. The van der Waals surface area contributed by atoms with Gasteiger partial charge in [0.15, 0.2) is 0 Å². The molecule has 0 aliphatic rings. The minimum Gasteiger partial charge on any atom is -0.537 e. The maximum absolute atomic E-state index is 9.30. The van der Waals surface area contributed by atoms with Gasteiger partial charge < -0.3 is 18.5 Å². The van der Waals surface area contributed by atoms with Crippen LogP contribution in [-0.2, 0) is 0 Å². The zero-order valence-corrected chi connectivity index (χ0v) is 47.9. The molecule has 0 saturated heterocycles. The van der Waals surface area contributed by atoms with Gasteiger partial charge in [-0.2, -0.15) is 0 Å². The van der Waals surface area contributed by atoms with Gasteiger partial charge in [-0.15, -0.1) is 0 Å². The van der Waals surface area contributed by atoms with Crippen molar-refractivity contribution in [1.29, 1.82) is 0 Å². The Balaban J connectivity index is 0.000000114. The van der Waals surface area contributed by atoms with Gasteiger partial charge in [-0.05, 0) is 163 Å². The fourth-order valence-electron chi connectivity index (χ4n) is 13.2. The fraction of sp³-hybridized carbons (Fsp3) is 0. The Bertz CT molecular complexity index is 5610. The van der Waals surface area contributed by atoms with Crippen LogP contribution in [-0.4, -0.2) is 12.7 Å². The Morgan fingerprint density at radius 1 is 0.267 bits per heavy atom. The fourth-order valence-corrected chi connectivity index (χ4v) is 13.6. The van der Waals surface area contributed by atoms with Crippen LogP contribution in [0, 0.1) is 0 Å². The number of hydrogen-bond donors (Lipinski definition) is 1. The van der Waals surface area contributed by atoms with Crippen LogP contribution >= 0.6 is 15.9 Å². The zero-order chi connectivity index (χ0) is 57.2. The third-order valence-electron chi connectivity index (χ3n) is 17.0. The van der Waals surface area contributed by atoms with Crippen LogP contribution in [0.15, 0.2) is 304 Å². The van der Waals surface area contributed by atoms with Gasteiger partial charge in [0.2, 0.25) is 0 Å². The molecule has 0 spiro atoms. The second kappa shape index (κ2) is 21.3. The number of hydrogen-bond acceptors (Lipinski definition) is 4. The summed E-state index contributed by atoms with van der Waals surface area (Å²) in [7, 11) is 0.754. The molecule has 1 radical (unpaired) electrons. The highest BCUT2D eigenvalue weighted by Gasteiger charge is 2.20. The number of fused-ring (bicyclic) bond motifs is 16. The van der Waals surface area contributed by atoms with Crippen LogP contribution in [0.25, 0.3) is 163 Å². The molecule has 2 heterocycles. The molecule has 18 rings (SSSR count). The Kier molecular flexibility index (Phi) is 12.7. The van der Waals surface area contributed by atoms with Gasteiger partial charge in [-0.1, -0.05) is 253 Å². The highest BCUT2D eigenvalue weighted by Crippen LogP contribution is 2.47. The second-order valence-corrected chi connectivity index (χ2v) is 22.8. The third-order valence-corrected chi connectivity index (χ3v) is 17.5. The van der Waals surface area contributed by atoms with Crippen molar-refractivity contribution in [1.82, 2.24) is 0 Å². The summed E-state index contributed by atoms with van der Waals surface area (Å²) in [5.74, 6) is 0.674. The van der Waals surface area contributed by atoms with E-state index in [2.05, 4.69) is 253 Å². The molecule has 6 heteroatoms. The van der Waals surface area contributed by atoms with E-state index in [0.29, 0.717) is 5.75 Å². The smallest absolute Gasteiger partial charge is 0.537 e. The molecule has 2 aromatic heterocycles. The quantitative estimate of drug-likeness (QED) is 0.138. The lowest BCUT2D eigenvalue weighted by molar-refractivity contribution is 0.459. The number of furan rings is 2. The molecule has 0 atom stereocenters. The predicted molar refractivity (Wildman–Crippen MR) is 367 cm³/mol. The third kappa shape index (κ3) is 8.72. The van der Waals surface area contributed by atoms with Crippen molar-refractivity contribution in [3.63, 3.8) is 0 Å². The Morgan fingerprint density at radius 2 is 0.581 bits per heavy atom. The topological polar surface area (TPSA) is 55.7 Å². The monoisotopic (exact) mass is 1160 g/mol. The highest BCUT2D eigenvalue weighted by molar-refractivity contribution is 9.10. The lowest BCUT2D eigenvalue weighted by atomic mass is 9.85. The highest BCUT2D eigenvalue weighted by atomic mass is 79.9. The molecule has 0 aliphatic heterocycles. The summed E-state index contributed by atoms with van der Waals surface area (Å²) in [5.41, 5.74) is 11.1. The summed E-state index contributed by atoms with van der Waals surface area (Å²) in [6.45, 7) is 0. The van der Waals surface area contributed by atoms with Crippen LogP contribution in [0.3, 0.4) is 0 Å². The van der Waals surface area contributed by atoms with E-state index in [0.717, 1.165) is 66.8 Å². The molecule has 0 amide bonds. The molecule has 0 bridgehead atoms. The maximum atomic E-state index is 9.30. The summed E-state index contributed by atoms with van der Waals surface area (Å²) in [6.07, 6.45) is 0. The average Bonchev–Trinajstić information content (AvgIpc) is 4.18. The molecule has 0 aliphatic carbocycles. The lowest BCUT2D eigenvalue weighted by Gasteiger charge is -2.18. The van der Waals surface area contributed by atoms with E-state index in [9.17, 15) is 5.02 Å². The van der Waals surface area contributed by atoms with Crippen molar-refractivity contribution in [2.45, 2.75) is 0 Å². The van der Waals surface area contributed by atoms with Gasteiger partial charge in [0, 0.05) is 36.8 Å². The summed E-state index contributed by atoms with van der Waals surface area (Å²) < 4.78 is 18.8. The van der Waals surface area contributed by atoms with Crippen molar-refractivity contribution >= 4 is 154 Å². The second-order valence-electron chi connectivity index (χ2n) is 21.9. The number of benzene rings is 16. The first kappa shape index (κ1) is 51.2. The Morgan fingerprint density at radius 3 is 1.02 bits per heavy atom. The molecule has 0 saturated carbocycles. The zero-order valence-electron chi connectivity index (χ0n) is 46.3. The maximum Gasteiger partial charge on any atom is 0.569 e. The SMILES string of the molecule is Brc1ccc2oc3ccc4ccccc4c3c2c1.O[B]Oc1c2ccccc2c(-c2ccc3ccccc3c2)c2ccccc12.c1ccc2cc(-c3c4ccccc4c(-c4ccc5oc6ccc7ccccc7c6c5c4)c4ccccc34)ccc2c1. The lowest BCUT2D eigenvalue weighted by Crippen LogP contribution is -2.02. The van der Waals surface area contributed by atoms with E-state index < -0.39 is 0 Å². The van der Waals surface area contributed by atoms with Crippen molar-refractivity contribution in [3.05, 3.63) is 296 Å². The Labute approximate surface area is 503 Å². The van der Waals surface area contributed by atoms with Crippen LogP contribution < -0.4 is 4.65 Å². The molecule has 1 N–H and O–H groups in total. The average molecular weight is 1160 g/mol. The summed E-state index contributed by atoms with van der Waals surface area (Å²) >= 11 is 3.53. The summed E-state index contributed by atoms with van der Waals surface area (Å²) in [6, 6.07) is 103. The van der Waals surface area contributed by atoms with Gasteiger partial charge in [0.1, 0.15) is 28.1 Å². The van der Waals surface area contributed by atoms with E-state index in [1.54, 1.807) is 0 Å². The first-order valence-electron chi connectivity index (χ1n) is 28.8. The molecule has 4 nitrogen and oxygen atoms in total. The van der Waals surface area contributed by atoms with Crippen molar-refractivity contribution < 1.29 is 18.5 Å². The van der Waals surface area contributed by atoms with Gasteiger partial charge in [-0.25, -0.2) is 0 Å². The summed E-state index contributed by atoms with van der Waals surface area (Å²) in [5, 5.41) is 33.1. The molecular weight excluding hydrogens is 1120 g/mol. The predicted octanol–water partition coefficient (Wildman–Crippen LogP) is 22.8. The van der Waals surface area contributed by atoms with Crippen molar-refractivity contribution in [2.75, 3.05) is 0 Å². The minimum absolute atomic E-state index is 0.674. The molecule has 403 valence electrons. The number of rotatable bonds is 5. The first-order chi connectivity index (χ1) is 42.5. The van der Waals surface area contributed by atoms with E-state index in [4.69, 9.17) is 13.5 Å². The largest absolute Gasteiger partial charge is 0.569 e. The Hall–Kier alpha value is -10.5. The van der Waals surface area contributed by atoms with Gasteiger partial charge in [-0.3, -0.25) is 0 Å². The standard InChI is InChI=1S/C40H24O.C24H16BO2.C16H9BrO/c1-2-11-27-23-28(18-17-25(27)9-1)38-31-13-5-7-15-33(31)39(34-16-8-6-14-32(34)38)29-20-21-36-35(24-29)40-30-12-4-3-10-26(30)19-22-37(40)41-36;26-25-27-24-21-11-5-3-9-19(21)23(20-10-4-6-12-22(20)24)18-14-13-16-7-1-2-8-17(16)15-18;17-11-6-8-14-13(9-11)16-12-4-2-1-3-10(12)5-7-15(16)18-14/h1-24H;1-15,26H;1-9H. The van der Waals surface area contributed by atoms with E-state index in [1.165, 1.54) is 109 Å². The molecular formula is C80H49BBrO4. The van der Waals surface area contributed by atoms with E-state index in [1.807, 2.05) is 54.6 Å². The summed E-state index contributed by atoms with van der Waals surface area (Å²) in [4.78, 5) is 0. The van der Waals surface area contributed by atoms with Crippen LogP contribution in [0.4, 0.5) is 0 Å². The molecule has 0 fully saturated rings. The van der Waals surface area contributed by atoms with Gasteiger partial charge in [0.25, 0.3) is 0 Å². The molecule has 86 heavy (non-hydrogen) atoms. The van der Waals surface area contributed by atoms with Crippen LogP contribution in [0.2, 0.25) is 0 Å². The molecule has 16 aromatic carbocycles. The van der Waals surface area contributed by atoms with E-state index >= 15 is 0 Å².